The molecule has 2 rings (SSSR count). The number of hydrogen-bond acceptors (Lipinski definition) is 3. The zero-order valence-corrected chi connectivity index (χ0v) is 18.7. The summed E-state index contributed by atoms with van der Waals surface area (Å²) in [6, 6.07) is 10.3. The van der Waals surface area contributed by atoms with Crippen LogP contribution in [0.3, 0.4) is 0 Å². The van der Waals surface area contributed by atoms with Crippen LogP contribution in [0.15, 0.2) is 40.8 Å². The van der Waals surface area contributed by atoms with Crippen molar-refractivity contribution in [3.63, 3.8) is 0 Å². The average Bonchev–Trinajstić information content (AvgIpc) is 3.12. The van der Waals surface area contributed by atoms with Gasteiger partial charge in [-0.2, -0.15) is 0 Å². The van der Waals surface area contributed by atoms with Crippen molar-refractivity contribution in [2.75, 3.05) is 26.2 Å². The molecular weight excluding hydrogens is 398 g/mol. The molecular formula is C22H35Cl2FN2O. The summed E-state index contributed by atoms with van der Waals surface area (Å²) in [5.41, 5.74) is 0.903. The van der Waals surface area contributed by atoms with Gasteiger partial charge in [0, 0.05) is 5.56 Å². The van der Waals surface area contributed by atoms with Crippen LogP contribution in [0.5, 0.6) is 0 Å². The molecule has 0 unspecified atom stereocenters. The molecule has 0 bridgehead atoms. The van der Waals surface area contributed by atoms with Crippen LogP contribution < -0.4 is 5.32 Å². The summed E-state index contributed by atoms with van der Waals surface area (Å²) in [7, 11) is 0. The van der Waals surface area contributed by atoms with Crippen molar-refractivity contribution in [2.24, 2.45) is 0 Å². The predicted octanol–water partition coefficient (Wildman–Crippen LogP) is 6.31. The first-order chi connectivity index (χ1) is 12.7. The lowest BCUT2D eigenvalue weighted by Gasteiger charge is -2.21. The third kappa shape index (κ3) is 9.92. The topological polar surface area (TPSA) is 28.4 Å². The van der Waals surface area contributed by atoms with Crippen molar-refractivity contribution in [3.8, 4) is 11.3 Å². The van der Waals surface area contributed by atoms with Crippen LogP contribution in [0.1, 0.15) is 51.7 Å². The summed E-state index contributed by atoms with van der Waals surface area (Å²) < 4.78 is 18.8. The summed E-state index contributed by atoms with van der Waals surface area (Å²) in [6.07, 6.45) is 6.25. The third-order valence-corrected chi connectivity index (χ3v) is 4.57. The molecule has 1 heterocycles. The standard InChI is InChI=1S/C22H33FN2O.2ClH/c1-3-5-15-25(16-6-4-2)17-7-14-24-18-21-12-13-22(26-21)19-8-10-20(23)11-9-19;;/h8-13,24H,3-7,14-18H2,1-2H3;2*1H. The number of hydrogen-bond donors (Lipinski definition) is 1. The number of benzene rings is 1. The highest BCUT2D eigenvalue weighted by atomic mass is 35.5. The zero-order valence-electron chi connectivity index (χ0n) is 17.1. The maximum absolute atomic E-state index is 13.0. The monoisotopic (exact) mass is 432 g/mol. The third-order valence-electron chi connectivity index (χ3n) is 4.57. The van der Waals surface area contributed by atoms with Gasteiger partial charge in [0.1, 0.15) is 17.3 Å². The summed E-state index contributed by atoms with van der Waals surface area (Å²) >= 11 is 0. The molecule has 1 aromatic heterocycles. The second-order valence-corrected chi connectivity index (χ2v) is 6.85. The fraction of sp³-hybridized carbons (Fsp3) is 0.545. The Hall–Kier alpha value is -1.07. The minimum absolute atomic E-state index is 0. The minimum Gasteiger partial charge on any atom is -0.460 e. The highest BCUT2D eigenvalue weighted by Crippen LogP contribution is 2.22. The molecule has 0 saturated heterocycles. The molecule has 6 heteroatoms. The SMILES string of the molecule is CCCCN(CCCC)CCCNCc1ccc(-c2ccc(F)cc2)o1.Cl.Cl. The quantitative estimate of drug-likeness (QED) is 0.375. The molecule has 0 atom stereocenters. The van der Waals surface area contributed by atoms with Gasteiger partial charge in [-0.3, -0.25) is 0 Å². The first kappa shape index (κ1) is 26.9. The molecule has 0 amide bonds. The van der Waals surface area contributed by atoms with E-state index in [-0.39, 0.29) is 30.6 Å². The van der Waals surface area contributed by atoms with E-state index in [1.165, 1.54) is 50.9 Å². The van der Waals surface area contributed by atoms with Crippen molar-refractivity contribution < 1.29 is 8.81 Å². The molecule has 0 aliphatic rings. The van der Waals surface area contributed by atoms with Crippen LogP contribution in [0.4, 0.5) is 4.39 Å². The zero-order chi connectivity index (χ0) is 18.6. The molecule has 28 heavy (non-hydrogen) atoms. The number of halogens is 3. The molecule has 0 spiro atoms. The molecule has 0 aliphatic heterocycles. The average molecular weight is 433 g/mol. The minimum atomic E-state index is -0.228. The molecule has 0 saturated carbocycles. The summed E-state index contributed by atoms with van der Waals surface area (Å²) in [5, 5.41) is 3.46. The van der Waals surface area contributed by atoms with Gasteiger partial charge in [-0.1, -0.05) is 26.7 Å². The molecule has 1 N–H and O–H groups in total. The molecule has 0 aliphatic carbocycles. The Morgan fingerprint density at radius 3 is 2.07 bits per heavy atom. The molecule has 3 nitrogen and oxygen atoms in total. The Kier molecular flexibility index (Phi) is 15.2. The highest BCUT2D eigenvalue weighted by molar-refractivity contribution is 5.85. The maximum Gasteiger partial charge on any atom is 0.134 e. The normalized spacial score (nSPS) is 10.6. The Labute approximate surface area is 181 Å². The lowest BCUT2D eigenvalue weighted by Crippen LogP contribution is -2.29. The summed E-state index contributed by atoms with van der Waals surface area (Å²) in [5.74, 6) is 1.47. The van der Waals surface area contributed by atoms with Crippen molar-refractivity contribution in [1.29, 1.82) is 0 Å². The van der Waals surface area contributed by atoms with Gasteiger partial charge >= 0.3 is 0 Å². The van der Waals surface area contributed by atoms with Crippen molar-refractivity contribution in [2.45, 2.75) is 52.5 Å². The fourth-order valence-electron chi connectivity index (χ4n) is 2.98. The second-order valence-electron chi connectivity index (χ2n) is 6.85. The lowest BCUT2D eigenvalue weighted by molar-refractivity contribution is 0.260. The van der Waals surface area contributed by atoms with E-state index in [0.29, 0.717) is 0 Å². The van der Waals surface area contributed by atoms with Crippen LogP contribution in [0.25, 0.3) is 11.3 Å². The predicted molar refractivity (Wildman–Crippen MR) is 121 cm³/mol. The van der Waals surface area contributed by atoms with Gasteiger partial charge in [0.2, 0.25) is 0 Å². The van der Waals surface area contributed by atoms with Crippen molar-refractivity contribution in [3.05, 3.63) is 48.0 Å². The van der Waals surface area contributed by atoms with E-state index in [1.807, 2.05) is 12.1 Å². The van der Waals surface area contributed by atoms with E-state index in [2.05, 4.69) is 24.1 Å². The van der Waals surface area contributed by atoms with Gasteiger partial charge in [-0.15, -0.1) is 24.8 Å². The second kappa shape index (κ2) is 15.8. The number of nitrogens with zero attached hydrogens (tertiary/aromatic N) is 1. The van der Waals surface area contributed by atoms with Gasteiger partial charge in [0.25, 0.3) is 0 Å². The van der Waals surface area contributed by atoms with Crippen LogP contribution in [0, 0.1) is 5.82 Å². The Morgan fingerprint density at radius 2 is 1.46 bits per heavy atom. The summed E-state index contributed by atoms with van der Waals surface area (Å²) in [4.78, 5) is 2.59. The number of nitrogens with one attached hydrogen (secondary N) is 1. The molecule has 0 radical (unpaired) electrons. The van der Waals surface area contributed by atoms with E-state index in [1.54, 1.807) is 12.1 Å². The van der Waals surface area contributed by atoms with Crippen LogP contribution in [-0.2, 0) is 6.54 Å². The van der Waals surface area contributed by atoms with Gasteiger partial charge < -0.3 is 14.6 Å². The number of rotatable bonds is 13. The molecule has 2 aromatic rings. The van der Waals surface area contributed by atoms with Crippen LogP contribution in [-0.4, -0.2) is 31.1 Å². The van der Waals surface area contributed by atoms with E-state index < -0.39 is 0 Å². The van der Waals surface area contributed by atoms with Crippen molar-refractivity contribution >= 4 is 24.8 Å². The Balaban J connectivity index is 0.00000364. The first-order valence-corrected chi connectivity index (χ1v) is 10.0. The maximum atomic E-state index is 13.0. The van der Waals surface area contributed by atoms with Crippen molar-refractivity contribution in [1.82, 2.24) is 10.2 Å². The van der Waals surface area contributed by atoms with E-state index in [4.69, 9.17) is 4.42 Å². The van der Waals surface area contributed by atoms with Gasteiger partial charge in [-0.05, 0) is 81.8 Å². The smallest absolute Gasteiger partial charge is 0.134 e. The molecule has 1 aromatic carbocycles. The van der Waals surface area contributed by atoms with Gasteiger partial charge in [0.15, 0.2) is 0 Å². The fourth-order valence-corrected chi connectivity index (χ4v) is 2.98. The van der Waals surface area contributed by atoms with E-state index in [9.17, 15) is 4.39 Å². The van der Waals surface area contributed by atoms with Gasteiger partial charge in [-0.25, -0.2) is 4.39 Å². The Morgan fingerprint density at radius 1 is 0.857 bits per heavy atom. The highest BCUT2D eigenvalue weighted by Gasteiger charge is 2.06. The van der Waals surface area contributed by atoms with Crippen LogP contribution in [0.2, 0.25) is 0 Å². The molecule has 0 fully saturated rings. The van der Waals surface area contributed by atoms with Crippen LogP contribution >= 0.6 is 24.8 Å². The number of unbranched alkanes of at least 4 members (excludes halogenated alkanes) is 2. The van der Waals surface area contributed by atoms with E-state index in [0.717, 1.165) is 43.1 Å². The molecule has 160 valence electrons. The summed E-state index contributed by atoms with van der Waals surface area (Å²) in [6.45, 7) is 9.82. The lowest BCUT2D eigenvalue weighted by atomic mass is 10.2. The number of furan rings is 1. The Bertz CT molecular complexity index is 611. The first-order valence-electron chi connectivity index (χ1n) is 10.0. The van der Waals surface area contributed by atoms with Gasteiger partial charge in [0.05, 0.1) is 6.54 Å². The van der Waals surface area contributed by atoms with E-state index >= 15 is 0 Å². The largest absolute Gasteiger partial charge is 0.460 e.